The topological polar surface area (TPSA) is 18.5 Å². The van der Waals surface area contributed by atoms with E-state index < -0.39 is 22.2 Å². The van der Waals surface area contributed by atoms with Gasteiger partial charge in [-0.2, -0.15) is 0 Å². The second-order valence-electron chi connectivity index (χ2n) is 9.98. The van der Waals surface area contributed by atoms with Crippen LogP contribution in [0.5, 0.6) is 0 Å². The minimum atomic E-state index is -2.53. The monoisotopic (exact) mass is 424 g/mol. The van der Waals surface area contributed by atoms with Gasteiger partial charge in [-0.15, -0.1) is 0 Å². The fourth-order valence-electron chi connectivity index (χ4n) is 3.95. The van der Waals surface area contributed by atoms with Crippen LogP contribution in [0.4, 0.5) is 0 Å². The number of hydrogen-bond acceptors (Lipinski definition) is 2. The van der Waals surface area contributed by atoms with Gasteiger partial charge in [-0.3, -0.25) is 0 Å². The molecule has 0 spiro atoms. The first kappa shape index (κ1) is 23.6. The molecule has 0 atom stereocenters. The molecule has 0 aliphatic carbocycles. The first-order valence-corrected chi connectivity index (χ1v) is 15.6. The Morgan fingerprint density at radius 1 is 0.759 bits per heavy atom. The number of hydrogen-bond donors (Lipinski definition) is 0. The van der Waals surface area contributed by atoms with Crippen molar-refractivity contribution in [3.05, 3.63) is 60.7 Å². The average molecular weight is 425 g/mol. The van der Waals surface area contributed by atoms with Crippen LogP contribution in [0.3, 0.4) is 0 Å². The molecule has 0 heterocycles. The summed E-state index contributed by atoms with van der Waals surface area (Å²) in [6.07, 6.45) is 0. The molecular formula is C25H36O2Si2. The summed E-state index contributed by atoms with van der Waals surface area (Å²) in [5.41, 5.74) is -0.459. The van der Waals surface area contributed by atoms with Crippen molar-refractivity contribution in [1.29, 1.82) is 0 Å². The molecule has 0 saturated heterocycles. The number of rotatable bonds is 6. The molecule has 2 aromatic carbocycles. The van der Waals surface area contributed by atoms with E-state index in [-0.39, 0.29) is 5.04 Å². The molecule has 2 aromatic rings. The van der Waals surface area contributed by atoms with Gasteiger partial charge in [-0.05, 0) is 48.9 Å². The van der Waals surface area contributed by atoms with Crippen LogP contribution in [0, 0.1) is 11.8 Å². The normalized spacial score (nSPS) is 13.0. The molecule has 0 amide bonds. The fourth-order valence-corrected chi connectivity index (χ4v) is 9.97. The van der Waals surface area contributed by atoms with E-state index in [1.54, 1.807) is 0 Å². The van der Waals surface area contributed by atoms with E-state index >= 15 is 0 Å². The molecular weight excluding hydrogens is 388 g/mol. The zero-order valence-corrected chi connectivity index (χ0v) is 21.3. The van der Waals surface area contributed by atoms with Gasteiger partial charge in [-0.25, -0.2) is 0 Å². The van der Waals surface area contributed by atoms with Gasteiger partial charge < -0.3 is 8.85 Å². The smallest absolute Gasteiger partial charge is 0.262 e. The van der Waals surface area contributed by atoms with Crippen molar-refractivity contribution >= 4 is 27.0 Å². The Balaban J connectivity index is 2.42. The molecule has 29 heavy (non-hydrogen) atoms. The summed E-state index contributed by atoms with van der Waals surface area (Å²) in [6, 6.07) is 21.4. The van der Waals surface area contributed by atoms with E-state index in [9.17, 15) is 0 Å². The summed E-state index contributed by atoms with van der Waals surface area (Å²) in [7, 11) is -4.19. The highest BCUT2D eigenvalue weighted by molar-refractivity contribution is 6.99. The molecule has 0 radical (unpaired) electrons. The van der Waals surface area contributed by atoms with Gasteiger partial charge in [0.2, 0.25) is 0 Å². The van der Waals surface area contributed by atoms with Gasteiger partial charge in [0.15, 0.2) is 8.32 Å². The van der Waals surface area contributed by atoms with E-state index in [0.717, 1.165) is 0 Å². The van der Waals surface area contributed by atoms with E-state index in [0.29, 0.717) is 6.61 Å². The Kier molecular flexibility index (Phi) is 7.34. The Bertz CT molecular complexity index is 796. The summed E-state index contributed by atoms with van der Waals surface area (Å²) < 4.78 is 13.0. The van der Waals surface area contributed by atoms with Crippen molar-refractivity contribution in [2.45, 2.75) is 64.9 Å². The summed E-state index contributed by atoms with van der Waals surface area (Å²) >= 11 is 0. The third-order valence-corrected chi connectivity index (χ3v) is 10.8. The summed E-state index contributed by atoms with van der Waals surface area (Å²) in [4.78, 5) is 0. The molecule has 4 heteroatoms. The maximum Gasteiger partial charge on any atom is 0.262 e. The lowest BCUT2D eigenvalue weighted by Gasteiger charge is -2.42. The second-order valence-corrected chi connectivity index (χ2v) is 18.7. The zero-order valence-electron chi connectivity index (χ0n) is 19.3. The molecule has 0 saturated carbocycles. The van der Waals surface area contributed by atoms with Crippen LogP contribution in [0.25, 0.3) is 0 Å². The lowest BCUT2D eigenvalue weighted by molar-refractivity contribution is 0.164. The van der Waals surface area contributed by atoms with Crippen LogP contribution in [-0.2, 0) is 8.85 Å². The fraction of sp³-hybridized carbons (Fsp3) is 0.440. The van der Waals surface area contributed by atoms with E-state index in [4.69, 9.17) is 8.85 Å². The molecule has 2 nitrogen and oxygen atoms in total. The molecule has 0 aliphatic rings. The SMILES string of the molecule is CC(C)(C#CCO[Si](c1ccccc1)(c1ccccc1)C(C)(C)C)O[Si](C)(C)C. The third-order valence-electron chi connectivity index (χ3n) is 4.73. The predicted molar refractivity (Wildman–Crippen MR) is 130 cm³/mol. The zero-order chi connectivity index (χ0) is 21.8. The maximum absolute atomic E-state index is 6.81. The van der Waals surface area contributed by atoms with Crippen molar-refractivity contribution in [3.63, 3.8) is 0 Å². The van der Waals surface area contributed by atoms with Crippen molar-refractivity contribution in [2.75, 3.05) is 6.61 Å². The highest BCUT2D eigenvalue weighted by atomic mass is 28.4. The largest absolute Gasteiger partial charge is 0.402 e. The Hall–Kier alpha value is -1.65. The molecule has 156 valence electrons. The Morgan fingerprint density at radius 3 is 1.59 bits per heavy atom. The van der Waals surface area contributed by atoms with Crippen LogP contribution in [0.2, 0.25) is 24.7 Å². The molecule has 0 bridgehead atoms. The van der Waals surface area contributed by atoms with Crippen LogP contribution in [0.1, 0.15) is 34.6 Å². The van der Waals surface area contributed by atoms with Crippen LogP contribution in [-0.4, -0.2) is 28.8 Å². The van der Waals surface area contributed by atoms with Gasteiger partial charge in [0, 0.05) is 0 Å². The highest BCUT2D eigenvalue weighted by Gasteiger charge is 2.50. The summed E-state index contributed by atoms with van der Waals surface area (Å²) in [5.74, 6) is 6.58. The highest BCUT2D eigenvalue weighted by Crippen LogP contribution is 2.36. The van der Waals surface area contributed by atoms with Crippen molar-refractivity contribution in [3.8, 4) is 11.8 Å². The standard InChI is InChI=1S/C25H36O2Si2/c1-24(2,3)29(22-16-11-9-12-17-22,23-18-13-10-14-19-23)26-21-15-20-25(4,5)27-28(6,7)8/h9-14,16-19H,21H2,1-8H3. The lowest BCUT2D eigenvalue weighted by atomic mass is 10.1. The van der Waals surface area contributed by atoms with Crippen LogP contribution in [0.15, 0.2) is 60.7 Å². The second kappa shape index (κ2) is 9.01. The quantitative estimate of drug-likeness (QED) is 0.469. The van der Waals surface area contributed by atoms with Gasteiger partial charge >= 0.3 is 0 Å². The number of benzene rings is 2. The van der Waals surface area contributed by atoms with Gasteiger partial charge in [0.25, 0.3) is 8.32 Å². The van der Waals surface area contributed by atoms with Crippen LogP contribution < -0.4 is 10.4 Å². The lowest BCUT2D eigenvalue weighted by Crippen LogP contribution is -2.66. The van der Waals surface area contributed by atoms with Gasteiger partial charge in [0.1, 0.15) is 5.60 Å². The van der Waals surface area contributed by atoms with E-state index in [2.05, 4.69) is 113 Å². The third kappa shape index (κ3) is 6.16. The van der Waals surface area contributed by atoms with E-state index in [1.807, 2.05) is 13.8 Å². The molecule has 0 fully saturated rings. The minimum absolute atomic E-state index is 0.0400. The van der Waals surface area contributed by atoms with Crippen LogP contribution >= 0.6 is 0 Å². The minimum Gasteiger partial charge on any atom is -0.402 e. The van der Waals surface area contributed by atoms with Crippen molar-refractivity contribution in [2.24, 2.45) is 0 Å². The summed E-state index contributed by atoms with van der Waals surface area (Å²) in [5, 5.41) is 2.51. The summed E-state index contributed by atoms with van der Waals surface area (Å²) in [6.45, 7) is 17.9. The molecule has 0 unspecified atom stereocenters. The maximum atomic E-state index is 6.81. The van der Waals surface area contributed by atoms with Gasteiger partial charge in [0.05, 0.1) is 6.61 Å². The first-order valence-electron chi connectivity index (χ1n) is 10.3. The Morgan fingerprint density at radius 2 is 1.21 bits per heavy atom. The molecule has 0 aromatic heterocycles. The van der Waals surface area contributed by atoms with Gasteiger partial charge in [-0.1, -0.05) is 93.3 Å². The van der Waals surface area contributed by atoms with E-state index in [1.165, 1.54) is 10.4 Å². The molecule has 0 aliphatic heterocycles. The Labute approximate surface area is 179 Å². The molecule has 2 rings (SSSR count). The first-order chi connectivity index (χ1) is 13.4. The predicted octanol–water partition coefficient (Wildman–Crippen LogP) is 5.20. The molecule has 0 N–H and O–H groups in total. The van der Waals surface area contributed by atoms with Crippen molar-refractivity contribution < 1.29 is 8.85 Å². The van der Waals surface area contributed by atoms with Crippen molar-refractivity contribution in [1.82, 2.24) is 0 Å². The average Bonchev–Trinajstić information content (AvgIpc) is 2.60.